The minimum atomic E-state index is -2.98. The molecule has 0 aliphatic heterocycles. The molecule has 0 amide bonds. The maximum absolute atomic E-state index is 12.4. The Morgan fingerprint density at radius 3 is 2.83 bits per heavy atom. The van der Waals surface area contributed by atoms with E-state index in [0.717, 1.165) is 0 Å². The molecule has 0 N–H and O–H groups in total. The lowest BCUT2D eigenvalue weighted by Gasteiger charge is -2.08. The molecule has 0 aliphatic rings. The highest BCUT2D eigenvalue weighted by Gasteiger charge is 2.15. The summed E-state index contributed by atoms with van der Waals surface area (Å²) in [6.45, 7) is -2.98. The van der Waals surface area contributed by atoms with Gasteiger partial charge in [-0.15, -0.1) is 0 Å². The molecular weight excluding hydrogens is 376 g/mol. The van der Waals surface area contributed by atoms with Crippen molar-refractivity contribution >= 4 is 32.9 Å². The molecule has 118 valence electrons. The number of hydrogen-bond donors (Lipinski definition) is 0. The average Bonchev–Trinajstić information content (AvgIpc) is 2.85. The minimum Gasteiger partial charge on any atom is -0.543 e. The molecule has 2 heterocycles. The van der Waals surface area contributed by atoms with Crippen LogP contribution >= 0.6 is 15.9 Å². The Hall–Kier alpha value is -2.55. The van der Waals surface area contributed by atoms with Gasteiger partial charge in [0, 0.05) is 22.1 Å². The van der Waals surface area contributed by atoms with Gasteiger partial charge in [0.1, 0.15) is 11.4 Å². The number of aromatic carboxylic acids is 1. The predicted octanol–water partition coefficient (Wildman–Crippen LogP) is 2.15. The van der Waals surface area contributed by atoms with Gasteiger partial charge >= 0.3 is 6.61 Å². The molecule has 0 radical (unpaired) electrons. The summed E-state index contributed by atoms with van der Waals surface area (Å²) >= 11 is 3.18. The molecule has 2 aromatic heterocycles. The van der Waals surface area contributed by atoms with Crippen molar-refractivity contribution in [2.75, 3.05) is 0 Å². The largest absolute Gasteiger partial charge is 0.543 e. The van der Waals surface area contributed by atoms with Gasteiger partial charge in [-0.2, -0.15) is 13.9 Å². The SMILES string of the molecule is O=C([O-])c1nn(-c2cc(Br)cc(OC(F)F)c2)c2ncccc12. The predicted molar refractivity (Wildman–Crippen MR) is 77.5 cm³/mol. The minimum absolute atomic E-state index is 0.0982. The monoisotopic (exact) mass is 382 g/mol. The van der Waals surface area contributed by atoms with Crippen molar-refractivity contribution in [2.45, 2.75) is 6.61 Å². The van der Waals surface area contributed by atoms with E-state index < -0.39 is 12.6 Å². The smallest absolute Gasteiger partial charge is 0.387 e. The highest BCUT2D eigenvalue weighted by molar-refractivity contribution is 9.10. The van der Waals surface area contributed by atoms with Gasteiger partial charge in [0.25, 0.3) is 0 Å². The summed E-state index contributed by atoms with van der Waals surface area (Å²) in [7, 11) is 0. The number of nitrogens with zero attached hydrogens (tertiary/aromatic N) is 3. The van der Waals surface area contributed by atoms with Crippen molar-refractivity contribution in [3.05, 3.63) is 46.7 Å². The van der Waals surface area contributed by atoms with Crippen LogP contribution in [0.25, 0.3) is 16.7 Å². The number of carboxylic acid groups (broad SMARTS) is 1. The van der Waals surface area contributed by atoms with Crippen LogP contribution in [0.15, 0.2) is 41.0 Å². The third-order valence-electron chi connectivity index (χ3n) is 2.96. The molecule has 0 atom stereocenters. The van der Waals surface area contributed by atoms with Crippen molar-refractivity contribution in [3.8, 4) is 11.4 Å². The summed E-state index contributed by atoms with van der Waals surface area (Å²) in [6.07, 6.45) is 1.47. The Kier molecular flexibility index (Phi) is 3.95. The van der Waals surface area contributed by atoms with Crippen LogP contribution in [0.3, 0.4) is 0 Å². The van der Waals surface area contributed by atoms with Gasteiger partial charge < -0.3 is 14.6 Å². The zero-order valence-corrected chi connectivity index (χ0v) is 12.8. The van der Waals surface area contributed by atoms with E-state index in [2.05, 4.69) is 30.7 Å². The Morgan fingerprint density at radius 1 is 1.35 bits per heavy atom. The highest BCUT2D eigenvalue weighted by atomic mass is 79.9. The first-order valence-electron chi connectivity index (χ1n) is 6.26. The number of benzene rings is 1. The number of hydrogen-bond acceptors (Lipinski definition) is 5. The van der Waals surface area contributed by atoms with Gasteiger partial charge in [0.15, 0.2) is 5.65 Å². The van der Waals surface area contributed by atoms with Gasteiger partial charge in [-0.1, -0.05) is 15.9 Å². The Balaban J connectivity index is 2.21. The molecule has 0 saturated carbocycles. The third kappa shape index (κ3) is 3.00. The van der Waals surface area contributed by atoms with E-state index in [9.17, 15) is 18.7 Å². The quantitative estimate of drug-likeness (QED) is 0.690. The number of carbonyl (C=O) groups is 1. The van der Waals surface area contributed by atoms with Crippen LogP contribution in [-0.2, 0) is 0 Å². The summed E-state index contributed by atoms with van der Waals surface area (Å²) in [5.74, 6) is -1.56. The van der Waals surface area contributed by atoms with Crippen LogP contribution < -0.4 is 9.84 Å². The first-order valence-corrected chi connectivity index (χ1v) is 7.06. The van der Waals surface area contributed by atoms with E-state index in [1.807, 2.05) is 0 Å². The van der Waals surface area contributed by atoms with E-state index in [1.54, 1.807) is 12.1 Å². The van der Waals surface area contributed by atoms with Crippen molar-refractivity contribution in [3.63, 3.8) is 0 Å². The second-order valence-electron chi connectivity index (χ2n) is 4.45. The summed E-state index contributed by atoms with van der Waals surface area (Å²) in [5.41, 5.74) is 0.281. The van der Waals surface area contributed by atoms with Gasteiger partial charge in [0.05, 0.1) is 11.7 Å². The molecule has 0 aliphatic carbocycles. The number of carboxylic acids is 1. The molecule has 0 spiro atoms. The fraction of sp³-hybridized carbons (Fsp3) is 0.0714. The second-order valence-corrected chi connectivity index (χ2v) is 5.36. The first kappa shape index (κ1) is 15.3. The molecule has 3 rings (SSSR count). The molecular formula is C14H7BrF2N3O3-. The Morgan fingerprint density at radius 2 is 2.13 bits per heavy atom. The number of ether oxygens (including phenoxy) is 1. The van der Waals surface area contributed by atoms with E-state index in [-0.39, 0.29) is 22.5 Å². The third-order valence-corrected chi connectivity index (χ3v) is 3.42. The molecule has 3 aromatic rings. The Labute approximate surface area is 136 Å². The van der Waals surface area contributed by atoms with E-state index in [1.165, 1.54) is 29.1 Å². The molecule has 0 saturated heterocycles. The van der Waals surface area contributed by atoms with Crippen LogP contribution in [0.1, 0.15) is 10.5 Å². The number of pyridine rings is 1. The number of halogens is 3. The van der Waals surface area contributed by atoms with E-state index in [4.69, 9.17) is 0 Å². The van der Waals surface area contributed by atoms with Crippen LogP contribution in [0, 0.1) is 0 Å². The summed E-state index contributed by atoms with van der Waals surface area (Å²) in [6, 6.07) is 7.32. The normalized spacial score (nSPS) is 11.1. The molecule has 1 aromatic carbocycles. The summed E-state index contributed by atoms with van der Waals surface area (Å²) in [4.78, 5) is 15.3. The zero-order chi connectivity index (χ0) is 16.6. The molecule has 9 heteroatoms. The van der Waals surface area contributed by atoms with Crippen molar-refractivity contribution in [2.24, 2.45) is 0 Å². The van der Waals surface area contributed by atoms with Gasteiger partial charge in [-0.3, -0.25) is 0 Å². The maximum atomic E-state index is 12.4. The molecule has 23 heavy (non-hydrogen) atoms. The first-order chi connectivity index (χ1) is 11.0. The van der Waals surface area contributed by atoms with Crippen LogP contribution in [0.2, 0.25) is 0 Å². The number of fused-ring (bicyclic) bond motifs is 1. The van der Waals surface area contributed by atoms with E-state index >= 15 is 0 Å². The number of alkyl halides is 2. The lowest BCUT2D eigenvalue weighted by molar-refractivity contribution is -0.255. The van der Waals surface area contributed by atoms with Crippen LogP contribution in [0.5, 0.6) is 5.75 Å². The standard InChI is InChI=1S/C14H8BrF2N3O3/c15-7-4-8(6-9(5-7)23-14(16)17)20-12-10(2-1-3-18-12)11(19-20)13(21)22/h1-6,14H,(H,21,22)/p-1. The lowest BCUT2D eigenvalue weighted by atomic mass is 10.2. The van der Waals surface area contributed by atoms with Gasteiger partial charge in [0.2, 0.25) is 0 Å². The zero-order valence-electron chi connectivity index (χ0n) is 11.2. The number of carbonyl (C=O) groups excluding carboxylic acids is 1. The van der Waals surface area contributed by atoms with Crippen LogP contribution in [0.4, 0.5) is 8.78 Å². The highest BCUT2D eigenvalue weighted by Crippen LogP contribution is 2.27. The average molecular weight is 383 g/mol. The van der Waals surface area contributed by atoms with Gasteiger partial charge in [-0.05, 0) is 24.3 Å². The molecule has 0 unspecified atom stereocenters. The number of rotatable bonds is 4. The van der Waals surface area contributed by atoms with Gasteiger partial charge in [-0.25, -0.2) is 9.67 Å². The summed E-state index contributed by atoms with van der Waals surface area (Å²) in [5, 5.41) is 15.4. The molecule has 0 bridgehead atoms. The van der Waals surface area contributed by atoms with Crippen molar-refractivity contribution in [1.82, 2.24) is 14.8 Å². The summed E-state index contributed by atoms with van der Waals surface area (Å²) < 4.78 is 30.8. The Bertz CT molecular complexity index is 898. The van der Waals surface area contributed by atoms with E-state index in [0.29, 0.717) is 10.2 Å². The second kappa shape index (κ2) is 5.92. The number of aromatic nitrogens is 3. The topological polar surface area (TPSA) is 80.1 Å². The lowest BCUT2D eigenvalue weighted by Crippen LogP contribution is -2.23. The fourth-order valence-electron chi connectivity index (χ4n) is 2.12. The fourth-order valence-corrected chi connectivity index (χ4v) is 2.58. The molecule has 0 fully saturated rings. The van der Waals surface area contributed by atoms with Crippen molar-refractivity contribution in [1.29, 1.82) is 0 Å². The maximum Gasteiger partial charge on any atom is 0.387 e. The van der Waals surface area contributed by atoms with Crippen LogP contribution in [-0.4, -0.2) is 27.3 Å². The molecule has 6 nitrogen and oxygen atoms in total. The van der Waals surface area contributed by atoms with Crippen molar-refractivity contribution < 1.29 is 23.4 Å².